The molecule has 1 aromatic heterocycles. The number of aromatic nitrogens is 3. The van der Waals surface area contributed by atoms with E-state index in [0.29, 0.717) is 16.7 Å². The molecular weight excluding hydrogens is 434 g/mol. The standard InChI is InChI=1S/C21H25N5O3S2/c1-16(17-10-6-4-7-11-17)22-20(27)15-30-21-24-23-19(25(21)2)14-26(31(3,28)29)18-12-8-5-9-13-18/h4-13,16H,14-15H2,1-3H3,(H,22,27)/t16-/m0/s1. The number of rotatable bonds is 9. The van der Waals surface area contributed by atoms with Gasteiger partial charge in [-0.1, -0.05) is 60.3 Å². The van der Waals surface area contributed by atoms with E-state index in [0.717, 1.165) is 11.8 Å². The van der Waals surface area contributed by atoms with Crippen molar-refractivity contribution >= 4 is 33.4 Å². The first-order valence-corrected chi connectivity index (χ1v) is 12.5. The quantitative estimate of drug-likeness (QED) is 0.494. The second kappa shape index (κ2) is 9.97. The molecule has 10 heteroatoms. The van der Waals surface area contributed by atoms with Crippen molar-refractivity contribution in [2.45, 2.75) is 24.7 Å². The van der Waals surface area contributed by atoms with Crippen LogP contribution in [0.25, 0.3) is 0 Å². The molecule has 0 saturated carbocycles. The molecule has 3 aromatic rings. The highest BCUT2D eigenvalue weighted by Gasteiger charge is 2.21. The van der Waals surface area contributed by atoms with Gasteiger partial charge >= 0.3 is 0 Å². The molecule has 0 saturated heterocycles. The summed E-state index contributed by atoms with van der Waals surface area (Å²) < 4.78 is 27.6. The van der Waals surface area contributed by atoms with Crippen LogP contribution >= 0.6 is 11.8 Å². The molecule has 1 atom stereocenters. The lowest BCUT2D eigenvalue weighted by Crippen LogP contribution is -2.30. The minimum absolute atomic E-state index is 0.0458. The fraction of sp³-hybridized carbons (Fsp3) is 0.286. The van der Waals surface area contributed by atoms with Crippen molar-refractivity contribution < 1.29 is 13.2 Å². The van der Waals surface area contributed by atoms with Gasteiger partial charge in [-0.25, -0.2) is 8.42 Å². The largest absolute Gasteiger partial charge is 0.349 e. The second-order valence-electron chi connectivity index (χ2n) is 7.05. The van der Waals surface area contributed by atoms with Crippen LogP contribution in [0.1, 0.15) is 24.4 Å². The van der Waals surface area contributed by atoms with Gasteiger partial charge in [0, 0.05) is 7.05 Å². The molecule has 0 bridgehead atoms. The monoisotopic (exact) mass is 459 g/mol. The molecule has 1 heterocycles. The Balaban J connectivity index is 1.64. The lowest BCUT2D eigenvalue weighted by atomic mass is 10.1. The van der Waals surface area contributed by atoms with Crippen LogP contribution in [0.3, 0.4) is 0 Å². The van der Waals surface area contributed by atoms with Crippen molar-refractivity contribution in [1.29, 1.82) is 0 Å². The van der Waals surface area contributed by atoms with Gasteiger partial charge in [-0.15, -0.1) is 10.2 Å². The first-order chi connectivity index (χ1) is 14.8. The molecule has 164 valence electrons. The zero-order valence-electron chi connectivity index (χ0n) is 17.6. The number of carbonyl (C=O) groups is 1. The van der Waals surface area contributed by atoms with Crippen LogP contribution in [0.2, 0.25) is 0 Å². The maximum Gasteiger partial charge on any atom is 0.232 e. The minimum Gasteiger partial charge on any atom is -0.349 e. The number of hydrogen-bond acceptors (Lipinski definition) is 6. The summed E-state index contributed by atoms with van der Waals surface area (Å²) >= 11 is 1.25. The van der Waals surface area contributed by atoms with Crippen molar-refractivity contribution in [3.8, 4) is 0 Å². The normalized spacial score (nSPS) is 12.4. The van der Waals surface area contributed by atoms with Crippen LogP contribution in [0.5, 0.6) is 0 Å². The molecule has 0 radical (unpaired) electrons. The SMILES string of the molecule is C[C@H](NC(=O)CSc1nnc(CN(c2ccccc2)S(C)(=O)=O)n1C)c1ccccc1. The van der Waals surface area contributed by atoms with Gasteiger partial charge in [-0.05, 0) is 24.6 Å². The van der Waals surface area contributed by atoms with E-state index in [1.54, 1.807) is 35.9 Å². The Morgan fingerprint density at radius 3 is 2.32 bits per heavy atom. The average Bonchev–Trinajstić information content (AvgIpc) is 3.10. The summed E-state index contributed by atoms with van der Waals surface area (Å²) in [6.07, 6.45) is 1.16. The van der Waals surface area contributed by atoms with Crippen LogP contribution in [0.4, 0.5) is 5.69 Å². The Morgan fingerprint density at radius 1 is 1.10 bits per heavy atom. The van der Waals surface area contributed by atoms with Crippen molar-refractivity contribution in [1.82, 2.24) is 20.1 Å². The Kier molecular flexibility index (Phi) is 7.34. The molecule has 0 aliphatic rings. The van der Waals surface area contributed by atoms with E-state index >= 15 is 0 Å². The predicted octanol–water partition coefficient (Wildman–Crippen LogP) is 2.75. The minimum atomic E-state index is -3.51. The summed E-state index contributed by atoms with van der Waals surface area (Å²) in [4.78, 5) is 12.3. The predicted molar refractivity (Wildman–Crippen MR) is 122 cm³/mol. The van der Waals surface area contributed by atoms with Crippen LogP contribution < -0.4 is 9.62 Å². The molecule has 3 rings (SSSR count). The Morgan fingerprint density at radius 2 is 1.71 bits per heavy atom. The van der Waals surface area contributed by atoms with Gasteiger partial charge in [-0.3, -0.25) is 9.10 Å². The van der Waals surface area contributed by atoms with E-state index in [1.165, 1.54) is 16.1 Å². The molecule has 31 heavy (non-hydrogen) atoms. The average molecular weight is 460 g/mol. The molecule has 0 aliphatic heterocycles. The molecular formula is C21H25N5O3S2. The first-order valence-electron chi connectivity index (χ1n) is 9.64. The van der Waals surface area contributed by atoms with Crippen molar-refractivity contribution in [2.75, 3.05) is 16.3 Å². The number of amides is 1. The fourth-order valence-electron chi connectivity index (χ4n) is 2.97. The summed E-state index contributed by atoms with van der Waals surface area (Å²) in [5, 5.41) is 11.8. The third kappa shape index (κ3) is 6.08. The molecule has 8 nitrogen and oxygen atoms in total. The Hall–Kier alpha value is -2.85. The summed E-state index contributed by atoms with van der Waals surface area (Å²) in [5.74, 6) is 0.542. The highest BCUT2D eigenvalue weighted by atomic mass is 32.2. The molecule has 0 aliphatic carbocycles. The Labute approximate surface area is 186 Å². The fourth-order valence-corrected chi connectivity index (χ4v) is 4.57. The summed E-state index contributed by atoms with van der Waals surface area (Å²) in [5.41, 5.74) is 1.58. The molecule has 0 spiro atoms. The third-order valence-electron chi connectivity index (χ3n) is 4.66. The zero-order valence-corrected chi connectivity index (χ0v) is 19.2. The lowest BCUT2D eigenvalue weighted by Gasteiger charge is -2.21. The van der Waals surface area contributed by atoms with E-state index in [4.69, 9.17) is 0 Å². The van der Waals surface area contributed by atoms with Crippen molar-refractivity contribution in [3.05, 3.63) is 72.1 Å². The van der Waals surface area contributed by atoms with Gasteiger partial charge in [0.2, 0.25) is 15.9 Å². The number of benzene rings is 2. The van der Waals surface area contributed by atoms with E-state index < -0.39 is 10.0 Å². The van der Waals surface area contributed by atoms with Crippen LogP contribution in [0.15, 0.2) is 65.8 Å². The Bertz CT molecular complexity index is 1120. The number of nitrogens with zero attached hydrogens (tertiary/aromatic N) is 4. The van der Waals surface area contributed by atoms with Gasteiger partial charge in [0.1, 0.15) is 0 Å². The molecule has 1 amide bonds. The number of sulfonamides is 1. The van der Waals surface area contributed by atoms with E-state index in [9.17, 15) is 13.2 Å². The lowest BCUT2D eigenvalue weighted by molar-refractivity contribution is -0.119. The highest BCUT2D eigenvalue weighted by Crippen LogP contribution is 2.22. The zero-order chi connectivity index (χ0) is 22.4. The smallest absolute Gasteiger partial charge is 0.232 e. The second-order valence-corrected chi connectivity index (χ2v) is 9.90. The van der Waals surface area contributed by atoms with Crippen molar-refractivity contribution in [2.24, 2.45) is 7.05 Å². The van der Waals surface area contributed by atoms with Crippen molar-refractivity contribution in [3.63, 3.8) is 0 Å². The van der Waals surface area contributed by atoms with Crippen LogP contribution in [0, 0.1) is 0 Å². The highest BCUT2D eigenvalue weighted by molar-refractivity contribution is 7.99. The van der Waals surface area contributed by atoms with Crippen LogP contribution in [-0.2, 0) is 28.4 Å². The van der Waals surface area contributed by atoms with Gasteiger partial charge in [-0.2, -0.15) is 0 Å². The molecule has 2 aromatic carbocycles. The van der Waals surface area contributed by atoms with Gasteiger partial charge in [0.15, 0.2) is 11.0 Å². The molecule has 0 unspecified atom stereocenters. The number of anilines is 1. The first kappa shape index (κ1) is 22.8. The maximum atomic E-state index is 12.3. The summed E-state index contributed by atoms with van der Waals surface area (Å²) in [6.45, 7) is 1.98. The maximum absolute atomic E-state index is 12.3. The summed E-state index contributed by atoms with van der Waals surface area (Å²) in [7, 11) is -1.75. The van der Waals surface area contributed by atoms with Crippen LogP contribution in [-0.4, -0.2) is 41.1 Å². The molecule has 0 fully saturated rings. The number of carbonyl (C=O) groups excluding carboxylic acids is 1. The summed E-state index contributed by atoms with van der Waals surface area (Å²) in [6, 6.07) is 18.5. The molecule has 1 N–H and O–H groups in total. The van der Waals surface area contributed by atoms with Gasteiger partial charge < -0.3 is 9.88 Å². The van der Waals surface area contributed by atoms with Gasteiger partial charge in [0.05, 0.1) is 30.3 Å². The van der Waals surface area contributed by atoms with E-state index in [1.807, 2.05) is 43.3 Å². The topological polar surface area (TPSA) is 97.2 Å². The van der Waals surface area contributed by atoms with Gasteiger partial charge in [0.25, 0.3) is 0 Å². The number of nitrogens with one attached hydrogen (secondary N) is 1. The number of thioether (sulfide) groups is 1. The van der Waals surface area contributed by atoms with E-state index in [2.05, 4.69) is 15.5 Å². The third-order valence-corrected chi connectivity index (χ3v) is 6.82. The number of para-hydroxylation sites is 1. The number of hydrogen-bond donors (Lipinski definition) is 1. The van der Waals surface area contributed by atoms with E-state index in [-0.39, 0.29) is 24.2 Å².